The molecule has 0 amide bonds. The number of benzene rings is 2. The monoisotopic (exact) mass is 382 g/mol. The zero-order valence-corrected chi connectivity index (χ0v) is 14.1. The lowest BCUT2D eigenvalue weighted by atomic mass is 10.1. The van der Waals surface area contributed by atoms with Crippen molar-refractivity contribution in [2.75, 3.05) is 0 Å². The second-order valence-electron chi connectivity index (χ2n) is 4.87. The molecule has 2 rings (SSSR count). The Bertz CT molecular complexity index is 841. The van der Waals surface area contributed by atoms with Crippen LogP contribution in [0.1, 0.15) is 11.1 Å². The third-order valence-corrected chi connectivity index (χ3v) is 4.44. The van der Waals surface area contributed by atoms with E-state index in [1.807, 2.05) is 0 Å². The highest BCUT2D eigenvalue weighted by molar-refractivity contribution is 7.93. The van der Waals surface area contributed by atoms with Crippen LogP contribution in [0.5, 0.6) is 5.75 Å². The average molecular weight is 383 g/mol. The van der Waals surface area contributed by atoms with Crippen LogP contribution < -0.4 is 0 Å². The van der Waals surface area contributed by atoms with Crippen molar-refractivity contribution in [1.82, 2.24) is 0 Å². The molecule has 0 saturated carbocycles. The minimum Gasteiger partial charge on any atom is -0.612 e. The molecular weight excluding hydrogens is 372 g/mol. The van der Waals surface area contributed by atoms with E-state index in [1.165, 1.54) is 5.41 Å². The van der Waals surface area contributed by atoms with E-state index >= 15 is 0 Å². The van der Waals surface area contributed by atoms with Gasteiger partial charge in [-0.2, -0.15) is 0 Å². The van der Waals surface area contributed by atoms with E-state index < -0.39 is 38.1 Å². The first-order valence-electron chi connectivity index (χ1n) is 6.73. The maximum atomic E-state index is 12.1. The van der Waals surface area contributed by atoms with E-state index in [4.69, 9.17) is 11.6 Å². The third-order valence-electron chi connectivity index (χ3n) is 3.13. The molecule has 0 heterocycles. The highest BCUT2D eigenvalue weighted by Crippen LogP contribution is 2.35. The number of hydrogen-bond donors (Lipinski definition) is 1. The Balaban J connectivity index is 2.25. The highest BCUT2D eigenvalue weighted by Gasteiger charge is 2.23. The van der Waals surface area contributed by atoms with Crippen molar-refractivity contribution in [2.24, 2.45) is 0 Å². The molecule has 25 heavy (non-hydrogen) atoms. The van der Waals surface area contributed by atoms with Crippen LogP contribution in [0.25, 0.3) is 6.08 Å². The second-order valence-corrected chi connectivity index (χ2v) is 6.63. The first kappa shape index (κ1) is 18.7. The zero-order valence-electron chi connectivity index (χ0n) is 12.5. The van der Waals surface area contributed by atoms with Crippen LogP contribution in [0.3, 0.4) is 0 Å². The Morgan fingerprint density at radius 1 is 1.12 bits per heavy atom. The van der Waals surface area contributed by atoms with Gasteiger partial charge in [0.1, 0.15) is 11.2 Å². The summed E-state index contributed by atoms with van der Waals surface area (Å²) in [7, 11) is 0. The van der Waals surface area contributed by atoms with Gasteiger partial charge in [-0.05, 0) is 29.4 Å². The molecule has 1 atom stereocenters. The van der Waals surface area contributed by atoms with Gasteiger partial charge in [-0.15, -0.1) is 0 Å². The predicted octanol–water partition coefficient (Wildman–Crippen LogP) is 3.78. The van der Waals surface area contributed by atoms with Gasteiger partial charge < -0.3 is 9.66 Å². The molecule has 2 aromatic carbocycles. The summed E-state index contributed by atoms with van der Waals surface area (Å²) in [6.45, 7) is 0. The second kappa shape index (κ2) is 7.97. The molecular formula is C15H11ClN2O6S. The molecule has 0 saturated heterocycles. The molecule has 130 valence electrons. The van der Waals surface area contributed by atoms with Crippen molar-refractivity contribution >= 4 is 40.2 Å². The number of hydrogen-bond acceptors (Lipinski definition) is 6. The number of nitro benzene ring substituents is 2. The van der Waals surface area contributed by atoms with Crippen molar-refractivity contribution in [1.29, 1.82) is 0 Å². The Labute approximate surface area is 149 Å². The van der Waals surface area contributed by atoms with Crippen LogP contribution in [0, 0.1) is 20.2 Å². The van der Waals surface area contributed by atoms with Gasteiger partial charge in [-0.1, -0.05) is 23.7 Å². The van der Waals surface area contributed by atoms with E-state index in [2.05, 4.69) is 0 Å². The minimum absolute atomic E-state index is 0.158. The Kier molecular flexibility index (Phi) is 5.97. The van der Waals surface area contributed by atoms with Gasteiger partial charge in [-0.25, -0.2) is 0 Å². The summed E-state index contributed by atoms with van der Waals surface area (Å²) in [4.78, 5) is 20.0. The number of rotatable bonds is 6. The molecule has 0 aliphatic heterocycles. The molecule has 8 nitrogen and oxygen atoms in total. The fourth-order valence-corrected chi connectivity index (χ4v) is 2.98. The lowest BCUT2D eigenvalue weighted by Crippen LogP contribution is -2.00. The van der Waals surface area contributed by atoms with Crippen LogP contribution >= 0.6 is 11.6 Å². The molecule has 0 spiro atoms. The van der Waals surface area contributed by atoms with Crippen molar-refractivity contribution in [2.45, 2.75) is 5.75 Å². The maximum absolute atomic E-state index is 12.1. The summed E-state index contributed by atoms with van der Waals surface area (Å²) >= 11 is 4.26. The number of nitrogens with zero attached hydrogens (tertiary/aromatic N) is 2. The smallest absolute Gasteiger partial charge is 0.318 e. The summed E-state index contributed by atoms with van der Waals surface area (Å²) in [5, 5.41) is 33.4. The topological polar surface area (TPSA) is 130 Å². The molecule has 1 unspecified atom stereocenters. The normalized spacial score (nSPS) is 12.2. The molecule has 0 aliphatic rings. The number of nitro groups is 2. The van der Waals surface area contributed by atoms with Crippen molar-refractivity contribution in [3.8, 4) is 5.75 Å². The molecule has 0 aromatic heterocycles. The summed E-state index contributed by atoms with van der Waals surface area (Å²) in [5.74, 6) is -0.568. The quantitative estimate of drug-likeness (QED) is 0.459. The van der Waals surface area contributed by atoms with E-state index in [0.29, 0.717) is 11.1 Å². The van der Waals surface area contributed by atoms with E-state index in [0.717, 1.165) is 17.7 Å². The fraction of sp³-hybridized carbons (Fsp3) is 0.0667. The van der Waals surface area contributed by atoms with Crippen LogP contribution in [0.2, 0.25) is 5.02 Å². The van der Waals surface area contributed by atoms with Gasteiger partial charge in [-0.3, -0.25) is 20.2 Å². The molecule has 0 fully saturated rings. The van der Waals surface area contributed by atoms with E-state index in [-0.39, 0.29) is 11.3 Å². The van der Waals surface area contributed by atoms with Crippen LogP contribution in [0.4, 0.5) is 11.4 Å². The number of non-ortho nitro benzene ring substituents is 1. The number of phenols is 1. The van der Waals surface area contributed by atoms with Crippen molar-refractivity contribution in [3.63, 3.8) is 0 Å². The maximum Gasteiger partial charge on any atom is 0.318 e. The summed E-state index contributed by atoms with van der Waals surface area (Å²) in [5.41, 5.74) is -0.753. The van der Waals surface area contributed by atoms with Gasteiger partial charge in [0, 0.05) is 22.2 Å². The Morgan fingerprint density at radius 3 is 2.32 bits per heavy atom. The lowest BCUT2D eigenvalue weighted by Gasteiger charge is -2.06. The first-order chi connectivity index (χ1) is 11.8. The summed E-state index contributed by atoms with van der Waals surface area (Å²) in [6, 6.07) is 8.32. The van der Waals surface area contributed by atoms with Gasteiger partial charge in [0.25, 0.3) is 5.69 Å². The van der Waals surface area contributed by atoms with E-state index in [9.17, 15) is 29.9 Å². The van der Waals surface area contributed by atoms with E-state index in [1.54, 1.807) is 24.3 Å². The van der Waals surface area contributed by atoms with Crippen molar-refractivity contribution in [3.05, 3.63) is 78.2 Å². The largest absolute Gasteiger partial charge is 0.612 e. The van der Waals surface area contributed by atoms with Gasteiger partial charge in [0.15, 0.2) is 0 Å². The highest BCUT2D eigenvalue weighted by atomic mass is 35.5. The van der Waals surface area contributed by atoms with Gasteiger partial charge >= 0.3 is 5.69 Å². The van der Waals surface area contributed by atoms with Gasteiger partial charge in [0.2, 0.25) is 5.75 Å². The Hall–Kier alpha value is -2.62. The average Bonchev–Trinajstić information content (AvgIpc) is 2.55. The molecule has 0 radical (unpaired) electrons. The van der Waals surface area contributed by atoms with Crippen LogP contribution in [-0.4, -0.2) is 19.5 Å². The Morgan fingerprint density at radius 2 is 1.76 bits per heavy atom. The first-order valence-corrected chi connectivity index (χ1v) is 8.49. The van der Waals surface area contributed by atoms with Crippen molar-refractivity contribution < 1.29 is 19.5 Å². The van der Waals surface area contributed by atoms with Gasteiger partial charge in [0.05, 0.1) is 15.9 Å². The molecule has 10 heteroatoms. The molecule has 0 bridgehead atoms. The number of aromatic hydroxyl groups is 1. The molecule has 0 aliphatic carbocycles. The van der Waals surface area contributed by atoms with Crippen LogP contribution in [0.15, 0.2) is 41.8 Å². The zero-order chi connectivity index (χ0) is 18.6. The standard InChI is InChI=1S/C15H11ClN2O6S/c16-12-3-1-10(2-4-12)9-25(24)6-5-11-7-13(17(20)21)8-14(15(11)19)18(22)23/h1-8,19H,9H2. The minimum atomic E-state index is -1.50. The summed E-state index contributed by atoms with van der Waals surface area (Å²) < 4.78 is 12.1. The lowest BCUT2D eigenvalue weighted by molar-refractivity contribution is -0.394. The number of phenolic OH excluding ortho intramolecular Hbond substituents is 1. The number of halogens is 1. The third kappa shape index (κ3) is 4.92. The molecule has 1 N–H and O–H groups in total. The predicted molar refractivity (Wildman–Crippen MR) is 93.7 cm³/mol. The van der Waals surface area contributed by atoms with Crippen LogP contribution in [-0.2, 0) is 16.9 Å². The summed E-state index contributed by atoms with van der Waals surface area (Å²) in [6.07, 6.45) is 1.15. The molecule has 2 aromatic rings. The fourth-order valence-electron chi connectivity index (χ4n) is 1.94. The SMILES string of the molecule is O=[N+]([O-])c1cc(C=C[S+]([O-])Cc2ccc(Cl)cc2)c(O)c([N+](=O)[O-])c1.